The van der Waals surface area contributed by atoms with Crippen LogP contribution >= 0.6 is 0 Å². The Bertz CT molecular complexity index is 387. The highest BCUT2D eigenvalue weighted by atomic mass is 19.1. The van der Waals surface area contributed by atoms with Crippen molar-refractivity contribution in [3.05, 3.63) is 29.6 Å². The highest BCUT2D eigenvalue weighted by molar-refractivity contribution is 5.90. The summed E-state index contributed by atoms with van der Waals surface area (Å²) in [6, 6.07) is 3.43. The number of aromatic carboxylic acids is 1. The highest BCUT2D eigenvalue weighted by Gasteiger charge is 2.23. The standard InChI is InChI=1S/C10H9FO4/c11-6-1-2-9(8(3-6)10(12)13)15-7-4-14-5-7/h1-3,7H,4-5H2,(H,12,13). The van der Waals surface area contributed by atoms with Crippen LogP contribution in [-0.2, 0) is 4.74 Å². The summed E-state index contributed by atoms with van der Waals surface area (Å²) in [6.45, 7) is 0.882. The van der Waals surface area contributed by atoms with E-state index in [-0.39, 0.29) is 17.4 Å². The first-order valence-corrected chi connectivity index (χ1v) is 4.44. The van der Waals surface area contributed by atoms with Gasteiger partial charge in [0.1, 0.15) is 23.2 Å². The molecule has 15 heavy (non-hydrogen) atoms. The molecule has 1 saturated heterocycles. The minimum absolute atomic E-state index is 0.131. The van der Waals surface area contributed by atoms with Gasteiger partial charge in [-0.2, -0.15) is 0 Å². The molecule has 2 rings (SSSR count). The molecule has 1 aromatic carbocycles. The van der Waals surface area contributed by atoms with Crippen LogP contribution in [0.5, 0.6) is 5.75 Å². The maximum Gasteiger partial charge on any atom is 0.339 e. The average Bonchev–Trinajstić information content (AvgIpc) is 2.12. The van der Waals surface area contributed by atoms with Gasteiger partial charge in [-0.1, -0.05) is 0 Å². The number of rotatable bonds is 3. The van der Waals surface area contributed by atoms with Gasteiger partial charge in [-0.3, -0.25) is 0 Å². The molecule has 1 aliphatic heterocycles. The Morgan fingerprint density at radius 1 is 1.53 bits per heavy atom. The molecule has 1 N–H and O–H groups in total. The van der Waals surface area contributed by atoms with Crippen molar-refractivity contribution in [3.8, 4) is 5.75 Å². The van der Waals surface area contributed by atoms with Crippen molar-refractivity contribution in [1.82, 2.24) is 0 Å². The topological polar surface area (TPSA) is 55.8 Å². The number of carbonyl (C=O) groups is 1. The molecular weight excluding hydrogens is 203 g/mol. The summed E-state index contributed by atoms with van der Waals surface area (Å²) in [5.41, 5.74) is -0.165. The Morgan fingerprint density at radius 3 is 2.80 bits per heavy atom. The predicted molar refractivity (Wildman–Crippen MR) is 48.6 cm³/mol. The molecule has 1 aromatic rings. The van der Waals surface area contributed by atoms with E-state index in [1.165, 1.54) is 12.1 Å². The Labute approximate surface area is 85.2 Å². The summed E-state index contributed by atoms with van der Waals surface area (Å²) < 4.78 is 23.0. The molecule has 5 heteroatoms. The fourth-order valence-corrected chi connectivity index (χ4v) is 1.23. The van der Waals surface area contributed by atoms with Crippen molar-refractivity contribution >= 4 is 5.97 Å². The number of carboxylic acids is 1. The van der Waals surface area contributed by atoms with Gasteiger partial charge in [0.05, 0.1) is 13.2 Å². The Hall–Kier alpha value is -1.62. The normalized spacial score (nSPS) is 15.8. The summed E-state index contributed by atoms with van der Waals surface area (Å²) in [4.78, 5) is 10.8. The van der Waals surface area contributed by atoms with E-state index in [4.69, 9.17) is 14.6 Å². The van der Waals surface area contributed by atoms with E-state index in [1.807, 2.05) is 0 Å². The second-order valence-corrected chi connectivity index (χ2v) is 3.22. The number of ether oxygens (including phenoxy) is 2. The third-order valence-electron chi connectivity index (χ3n) is 2.07. The van der Waals surface area contributed by atoms with Gasteiger partial charge in [0, 0.05) is 0 Å². The summed E-state index contributed by atoms with van der Waals surface area (Å²) >= 11 is 0. The van der Waals surface area contributed by atoms with Crippen LogP contribution in [0.25, 0.3) is 0 Å². The number of hydrogen-bond donors (Lipinski definition) is 1. The summed E-state index contributed by atoms with van der Waals surface area (Å²) in [5.74, 6) is -1.62. The lowest BCUT2D eigenvalue weighted by Gasteiger charge is -2.27. The zero-order chi connectivity index (χ0) is 10.8. The maximum atomic E-state index is 12.8. The molecule has 0 bridgehead atoms. The monoisotopic (exact) mass is 212 g/mol. The molecule has 0 atom stereocenters. The lowest BCUT2D eigenvalue weighted by atomic mass is 10.2. The van der Waals surface area contributed by atoms with Gasteiger partial charge in [-0.15, -0.1) is 0 Å². The summed E-state index contributed by atoms with van der Waals surface area (Å²) in [7, 11) is 0. The number of hydrogen-bond acceptors (Lipinski definition) is 3. The van der Waals surface area contributed by atoms with Gasteiger partial charge in [0.25, 0.3) is 0 Å². The molecule has 4 nitrogen and oxygen atoms in total. The molecule has 0 saturated carbocycles. The quantitative estimate of drug-likeness (QED) is 0.820. The van der Waals surface area contributed by atoms with Crippen LogP contribution in [0.15, 0.2) is 18.2 Å². The van der Waals surface area contributed by atoms with E-state index in [0.29, 0.717) is 13.2 Å². The van der Waals surface area contributed by atoms with E-state index in [9.17, 15) is 9.18 Å². The Morgan fingerprint density at radius 2 is 2.27 bits per heavy atom. The summed E-state index contributed by atoms with van der Waals surface area (Å²) in [6.07, 6.45) is -0.131. The number of benzene rings is 1. The van der Waals surface area contributed by atoms with Crippen LogP contribution in [-0.4, -0.2) is 30.4 Å². The molecule has 1 fully saturated rings. The lowest BCUT2D eigenvalue weighted by molar-refractivity contribution is -0.0799. The van der Waals surface area contributed by atoms with Crippen molar-refractivity contribution in [2.24, 2.45) is 0 Å². The van der Waals surface area contributed by atoms with Crippen molar-refractivity contribution < 1.29 is 23.8 Å². The van der Waals surface area contributed by atoms with Gasteiger partial charge < -0.3 is 14.6 Å². The van der Waals surface area contributed by atoms with Gasteiger partial charge in [0.2, 0.25) is 0 Å². The number of halogens is 1. The van der Waals surface area contributed by atoms with E-state index < -0.39 is 11.8 Å². The zero-order valence-electron chi connectivity index (χ0n) is 7.77. The first-order valence-electron chi connectivity index (χ1n) is 4.44. The van der Waals surface area contributed by atoms with Gasteiger partial charge >= 0.3 is 5.97 Å². The Kier molecular flexibility index (Phi) is 2.55. The molecule has 0 unspecified atom stereocenters. The van der Waals surface area contributed by atoms with Crippen LogP contribution in [0.2, 0.25) is 0 Å². The SMILES string of the molecule is O=C(O)c1cc(F)ccc1OC1COC1. The fraction of sp³-hybridized carbons (Fsp3) is 0.300. The van der Waals surface area contributed by atoms with Gasteiger partial charge in [-0.05, 0) is 18.2 Å². The van der Waals surface area contributed by atoms with Crippen molar-refractivity contribution in [2.75, 3.05) is 13.2 Å². The second-order valence-electron chi connectivity index (χ2n) is 3.22. The van der Waals surface area contributed by atoms with E-state index in [2.05, 4.69) is 0 Å². The first kappa shape index (κ1) is 9.92. The average molecular weight is 212 g/mol. The van der Waals surface area contributed by atoms with Gasteiger partial charge in [0.15, 0.2) is 0 Å². The van der Waals surface area contributed by atoms with E-state index >= 15 is 0 Å². The molecule has 80 valence electrons. The lowest BCUT2D eigenvalue weighted by Crippen LogP contribution is -2.38. The van der Waals surface area contributed by atoms with Crippen LogP contribution in [0.1, 0.15) is 10.4 Å². The van der Waals surface area contributed by atoms with Crippen LogP contribution in [0, 0.1) is 5.82 Å². The Balaban J connectivity index is 2.23. The molecule has 0 spiro atoms. The van der Waals surface area contributed by atoms with Crippen LogP contribution in [0.4, 0.5) is 4.39 Å². The van der Waals surface area contributed by atoms with Gasteiger partial charge in [-0.25, -0.2) is 9.18 Å². The fourth-order valence-electron chi connectivity index (χ4n) is 1.23. The molecular formula is C10H9FO4. The van der Waals surface area contributed by atoms with Crippen molar-refractivity contribution in [2.45, 2.75) is 6.10 Å². The highest BCUT2D eigenvalue weighted by Crippen LogP contribution is 2.22. The molecule has 0 aromatic heterocycles. The van der Waals surface area contributed by atoms with Crippen LogP contribution < -0.4 is 4.74 Å². The maximum absolute atomic E-state index is 12.8. The first-order chi connectivity index (χ1) is 7.16. The minimum Gasteiger partial charge on any atom is -0.485 e. The molecule has 1 heterocycles. The zero-order valence-corrected chi connectivity index (χ0v) is 7.77. The van der Waals surface area contributed by atoms with Crippen molar-refractivity contribution in [1.29, 1.82) is 0 Å². The molecule has 0 aliphatic carbocycles. The summed E-state index contributed by atoms with van der Waals surface area (Å²) in [5, 5.41) is 8.82. The molecule has 0 amide bonds. The molecule has 0 radical (unpaired) electrons. The third-order valence-corrected chi connectivity index (χ3v) is 2.07. The van der Waals surface area contributed by atoms with Crippen molar-refractivity contribution in [3.63, 3.8) is 0 Å². The largest absolute Gasteiger partial charge is 0.485 e. The predicted octanol–water partition coefficient (Wildman–Crippen LogP) is 1.30. The third kappa shape index (κ3) is 2.07. The van der Waals surface area contributed by atoms with E-state index in [0.717, 1.165) is 6.07 Å². The smallest absolute Gasteiger partial charge is 0.339 e. The minimum atomic E-state index is -1.20. The van der Waals surface area contributed by atoms with E-state index in [1.54, 1.807) is 0 Å². The number of carboxylic acid groups (broad SMARTS) is 1. The molecule has 1 aliphatic rings. The van der Waals surface area contributed by atoms with Crippen LogP contribution in [0.3, 0.4) is 0 Å². The second kappa shape index (κ2) is 3.86.